The predicted octanol–water partition coefficient (Wildman–Crippen LogP) is 4.61. The van der Waals surface area contributed by atoms with Crippen LogP contribution in [-0.2, 0) is 11.4 Å². The molecule has 32 heavy (non-hydrogen) atoms. The summed E-state index contributed by atoms with van der Waals surface area (Å²) in [5.74, 6) is 2.59. The lowest BCUT2D eigenvalue weighted by molar-refractivity contribution is -0.127. The van der Waals surface area contributed by atoms with Gasteiger partial charge in [0.25, 0.3) is 0 Å². The van der Waals surface area contributed by atoms with Crippen molar-refractivity contribution < 1.29 is 14.3 Å². The third-order valence-electron chi connectivity index (χ3n) is 5.07. The average molecular weight is 473 g/mol. The summed E-state index contributed by atoms with van der Waals surface area (Å²) >= 11 is 7.46. The number of carbonyl (C=O) groups is 1. The van der Waals surface area contributed by atoms with Gasteiger partial charge in [0, 0.05) is 23.8 Å². The molecular formula is C23H25ClN4O3S. The van der Waals surface area contributed by atoms with Gasteiger partial charge in [0.1, 0.15) is 18.1 Å². The van der Waals surface area contributed by atoms with E-state index in [1.165, 1.54) is 11.8 Å². The molecule has 0 unspecified atom stereocenters. The van der Waals surface area contributed by atoms with E-state index in [9.17, 15) is 4.79 Å². The number of benzene rings is 2. The number of thioether (sulfide) groups is 1. The van der Waals surface area contributed by atoms with Crippen molar-refractivity contribution >= 4 is 29.3 Å². The van der Waals surface area contributed by atoms with Gasteiger partial charge in [0.05, 0.1) is 12.4 Å². The van der Waals surface area contributed by atoms with Gasteiger partial charge in [-0.2, -0.15) is 0 Å². The Morgan fingerprint density at radius 2 is 1.66 bits per heavy atom. The molecule has 2 aromatic carbocycles. The highest BCUT2D eigenvalue weighted by Gasteiger charge is 2.21. The smallest absolute Gasteiger partial charge is 0.233 e. The van der Waals surface area contributed by atoms with Crippen LogP contribution in [0.1, 0.15) is 25.6 Å². The lowest BCUT2D eigenvalue weighted by atomic mass is 10.3. The molecule has 1 aliphatic rings. The van der Waals surface area contributed by atoms with Gasteiger partial charge in [-0.3, -0.25) is 9.36 Å². The van der Waals surface area contributed by atoms with Gasteiger partial charge in [-0.05, 0) is 68.3 Å². The van der Waals surface area contributed by atoms with Crippen molar-refractivity contribution in [3.8, 4) is 17.2 Å². The Morgan fingerprint density at radius 1 is 1.00 bits per heavy atom. The molecule has 1 amide bonds. The molecule has 0 bridgehead atoms. The molecule has 7 nitrogen and oxygen atoms in total. The van der Waals surface area contributed by atoms with Crippen molar-refractivity contribution in [2.45, 2.75) is 31.5 Å². The fraction of sp³-hybridized carbons (Fsp3) is 0.348. The Labute approximate surface area is 196 Å². The average Bonchev–Trinajstić information content (AvgIpc) is 3.48. The molecule has 0 radical (unpaired) electrons. The number of nitrogens with zero attached hydrogens (tertiary/aromatic N) is 4. The molecule has 0 N–H and O–H groups in total. The maximum absolute atomic E-state index is 12.5. The molecule has 9 heteroatoms. The van der Waals surface area contributed by atoms with Crippen LogP contribution < -0.4 is 9.47 Å². The van der Waals surface area contributed by atoms with Crippen LogP contribution in [0.4, 0.5) is 0 Å². The highest BCUT2D eigenvalue weighted by Crippen LogP contribution is 2.25. The van der Waals surface area contributed by atoms with Crippen LogP contribution in [0.3, 0.4) is 0 Å². The first-order valence-corrected chi connectivity index (χ1v) is 12.0. The van der Waals surface area contributed by atoms with E-state index in [-0.39, 0.29) is 12.5 Å². The molecule has 0 spiro atoms. The van der Waals surface area contributed by atoms with E-state index in [1.807, 2.05) is 64.9 Å². The molecule has 3 aromatic rings. The molecule has 168 valence electrons. The Balaban J connectivity index is 1.50. The second-order valence-electron chi connectivity index (χ2n) is 7.28. The summed E-state index contributed by atoms with van der Waals surface area (Å²) in [6, 6.07) is 14.9. The number of carbonyl (C=O) groups excluding carboxylic acids is 1. The number of hydrogen-bond acceptors (Lipinski definition) is 6. The summed E-state index contributed by atoms with van der Waals surface area (Å²) in [6.45, 7) is 4.46. The highest BCUT2D eigenvalue weighted by atomic mass is 35.5. The van der Waals surface area contributed by atoms with Crippen LogP contribution in [-0.4, -0.2) is 51.0 Å². The van der Waals surface area contributed by atoms with Gasteiger partial charge in [-0.1, -0.05) is 23.4 Å². The molecular weight excluding hydrogens is 448 g/mol. The molecule has 0 saturated carbocycles. The molecule has 0 atom stereocenters. The minimum absolute atomic E-state index is 0.130. The topological polar surface area (TPSA) is 69.5 Å². The Morgan fingerprint density at radius 3 is 2.31 bits per heavy atom. The lowest BCUT2D eigenvalue weighted by Gasteiger charge is -2.15. The second-order valence-corrected chi connectivity index (χ2v) is 8.66. The fourth-order valence-electron chi connectivity index (χ4n) is 3.47. The van der Waals surface area contributed by atoms with Crippen molar-refractivity contribution in [2.75, 3.05) is 25.4 Å². The van der Waals surface area contributed by atoms with Crippen LogP contribution in [0.25, 0.3) is 5.69 Å². The highest BCUT2D eigenvalue weighted by molar-refractivity contribution is 7.99. The first-order chi connectivity index (χ1) is 15.6. The monoisotopic (exact) mass is 472 g/mol. The molecule has 1 fully saturated rings. The summed E-state index contributed by atoms with van der Waals surface area (Å²) in [6.07, 6.45) is 2.15. The number of ether oxygens (including phenoxy) is 2. The largest absolute Gasteiger partial charge is 0.494 e. The minimum Gasteiger partial charge on any atom is -0.494 e. The maximum Gasteiger partial charge on any atom is 0.233 e. The molecule has 4 rings (SSSR count). The Bertz CT molecular complexity index is 1030. The third kappa shape index (κ3) is 5.55. The van der Waals surface area contributed by atoms with Crippen molar-refractivity contribution in [3.05, 3.63) is 59.4 Å². The minimum atomic E-state index is 0.130. The van der Waals surface area contributed by atoms with E-state index in [0.29, 0.717) is 34.1 Å². The van der Waals surface area contributed by atoms with Crippen LogP contribution in [0.5, 0.6) is 11.5 Å². The second kappa shape index (κ2) is 10.7. The van der Waals surface area contributed by atoms with E-state index in [4.69, 9.17) is 21.1 Å². The fourth-order valence-corrected chi connectivity index (χ4v) is 4.47. The van der Waals surface area contributed by atoms with Crippen molar-refractivity contribution in [3.63, 3.8) is 0 Å². The van der Waals surface area contributed by atoms with E-state index in [2.05, 4.69) is 10.2 Å². The maximum atomic E-state index is 12.5. The van der Waals surface area contributed by atoms with E-state index in [1.54, 1.807) is 0 Å². The zero-order chi connectivity index (χ0) is 22.3. The quantitative estimate of drug-likeness (QED) is 0.423. The Kier molecular flexibility index (Phi) is 7.55. The first kappa shape index (κ1) is 22.5. The molecule has 1 aromatic heterocycles. The summed E-state index contributed by atoms with van der Waals surface area (Å²) in [7, 11) is 0. The first-order valence-electron chi connectivity index (χ1n) is 10.6. The summed E-state index contributed by atoms with van der Waals surface area (Å²) in [5, 5.41) is 9.96. The van der Waals surface area contributed by atoms with Crippen molar-refractivity contribution in [1.82, 2.24) is 19.7 Å². The number of aromatic nitrogens is 3. The van der Waals surface area contributed by atoms with E-state index in [0.717, 1.165) is 37.4 Å². The van der Waals surface area contributed by atoms with Gasteiger partial charge in [-0.25, -0.2) is 0 Å². The number of likely N-dealkylation sites (tertiary alicyclic amines) is 1. The van der Waals surface area contributed by atoms with Gasteiger partial charge >= 0.3 is 0 Å². The number of amides is 1. The lowest BCUT2D eigenvalue weighted by Crippen LogP contribution is -2.29. The van der Waals surface area contributed by atoms with Gasteiger partial charge in [0.15, 0.2) is 11.0 Å². The van der Waals surface area contributed by atoms with Gasteiger partial charge in [0.2, 0.25) is 5.91 Å². The van der Waals surface area contributed by atoms with Crippen molar-refractivity contribution in [1.29, 1.82) is 0 Å². The summed E-state index contributed by atoms with van der Waals surface area (Å²) in [4.78, 5) is 14.4. The van der Waals surface area contributed by atoms with Crippen LogP contribution in [0.15, 0.2) is 53.7 Å². The van der Waals surface area contributed by atoms with Crippen LogP contribution >= 0.6 is 23.4 Å². The van der Waals surface area contributed by atoms with Crippen LogP contribution in [0, 0.1) is 0 Å². The van der Waals surface area contributed by atoms with E-state index < -0.39 is 0 Å². The zero-order valence-electron chi connectivity index (χ0n) is 17.9. The number of halogens is 1. The normalized spacial score (nSPS) is 13.4. The molecule has 2 heterocycles. The molecule has 1 aliphatic heterocycles. The number of rotatable bonds is 9. The van der Waals surface area contributed by atoms with Gasteiger partial charge in [-0.15, -0.1) is 10.2 Å². The molecule has 1 saturated heterocycles. The standard InChI is InChI=1S/C23H25ClN4O3S/c1-2-30-19-9-11-20(12-10-19)31-15-21-25-26-23(28(21)18-7-5-17(24)6-8-18)32-16-22(29)27-13-3-4-14-27/h5-12H,2-4,13-16H2,1H3. The number of hydrogen-bond donors (Lipinski definition) is 0. The third-order valence-corrected chi connectivity index (χ3v) is 6.24. The summed E-state index contributed by atoms with van der Waals surface area (Å²) in [5.41, 5.74) is 0.862. The zero-order valence-corrected chi connectivity index (χ0v) is 19.4. The Hall–Kier alpha value is -2.71. The van der Waals surface area contributed by atoms with Crippen molar-refractivity contribution in [2.24, 2.45) is 0 Å². The predicted molar refractivity (Wildman–Crippen MR) is 125 cm³/mol. The molecule has 0 aliphatic carbocycles. The van der Waals surface area contributed by atoms with E-state index >= 15 is 0 Å². The van der Waals surface area contributed by atoms with Crippen LogP contribution in [0.2, 0.25) is 5.02 Å². The SMILES string of the molecule is CCOc1ccc(OCc2nnc(SCC(=O)N3CCCC3)n2-c2ccc(Cl)cc2)cc1. The van der Waals surface area contributed by atoms with Gasteiger partial charge < -0.3 is 14.4 Å². The summed E-state index contributed by atoms with van der Waals surface area (Å²) < 4.78 is 13.3.